The number of aromatic nitrogens is 2. The van der Waals surface area contributed by atoms with Crippen molar-refractivity contribution >= 4 is 45.5 Å². The summed E-state index contributed by atoms with van der Waals surface area (Å²) < 4.78 is 34.8. The third kappa shape index (κ3) is 7.41. The highest BCUT2D eigenvalue weighted by atomic mass is 127. The van der Waals surface area contributed by atoms with Crippen molar-refractivity contribution in [3.05, 3.63) is 68.1 Å². The van der Waals surface area contributed by atoms with Crippen LogP contribution in [0.15, 0.2) is 53.3 Å². The second-order valence-corrected chi connectivity index (χ2v) is 11.3. The number of nitrogens with one attached hydrogen (secondary N) is 2. The van der Waals surface area contributed by atoms with Crippen LogP contribution in [0.3, 0.4) is 0 Å². The number of piperidine rings is 1. The summed E-state index contributed by atoms with van der Waals surface area (Å²) >= 11 is 2.27. The van der Waals surface area contributed by atoms with E-state index in [1.165, 1.54) is 5.56 Å². The predicted octanol–water partition coefficient (Wildman–Crippen LogP) is 4.51. The summed E-state index contributed by atoms with van der Waals surface area (Å²) in [7, 11) is 0. The fraction of sp³-hybridized carbons (Fsp3) is 0.444. The second kappa shape index (κ2) is 12.1. The second-order valence-electron chi connectivity index (χ2n) is 10.1. The molecule has 3 N–H and O–H groups in total. The Hall–Kier alpha value is -2.87. The number of carboxylic acids is 1. The Labute approximate surface area is 236 Å². The topological polar surface area (TPSA) is 107 Å². The molecule has 5 rings (SSSR count). The molecule has 210 valence electrons. The molecule has 2 aromatic carbocycles. The molecule has 1 aromatic heterocycles. The van der Waals surface area contributed by atoms with Crippen molar-refractivity contribution in [1.29, 1.82) is 0 Å². The molecule has 8 nitrogen and oxygen atoms in total. The Kier molecular flexibility index (Phi) is 9.04. The molecular weight excluding hydrogens is 628 g/mol. The van der Waals surface area contributed by atoms with Crippen LogP contribution in [0.25, 0.3) is 11.0 Å². The highest BCUT2D eigenvalue weighted by molar-refractivity contribution is 14.1. The lowest BCUT2D eigenvalue weighted by atomic mass is 10.0. The molecular formula is C27H30F3IN4O4. The van der Waals surface area contributed by atoms with Crippen LogP contribution in [0, 0.1) is 9.49 Å². The fourth-order valence-electron chi connectivity index (χ4n) is 5.16. The van der Waals surface area contributed by atoms with Gasteiger partial charge in [0.15, 0.2) is 0 Å². The van der Waals surface area contributed by atoms with Crippen molar-refractivity contribution in [3.8, 4) is 0 Å². The van der Waals surface area contributed by atoms with E-state index in [1.54, 1.807) is 0 Å². The maximum Gasteiger partial charge on any atom is 0.490 e. The van der Waals surface area contributed by atoms with Gasteiger partial charge in [-0.15, -0.1) is 0 Å². The maximum atomic E-state index is 12.7. The zero-order valence-corrected chi connectivity index (χ0v) is 23.4. The van der Waals surface area contributed by atoms with Gasteiger partial charge in [0, 0.05) is 41.2 Å². The number of carboxylic acid groups (broad SMARTS) is 1. The van der Waals surface area contributed by atoms with Gasteiger partial charge >= 0.3 is 17.8 Å². The highest BCUT2D eigenvalue weighted by Gasteiger charge is 2.44. The number of halogens is 4. The third-order valence-electron chi connectivity index (χ3n) is 7.12. The molecule has 12 heteroatoms. The molecule has 1 saturated heterocycles. The molecule has 2 unspecified atom stereocenters. The molecule has 0 bridgehead atoms. The van der Waals surface area contributed by atoms with Gasteiger partial charge < -0.3 is 20.3 Å². The van der Waals surface area contributed by atoms with E-state index in [0.717, 1.165) is 53.5 Å². The lowest BCUT2D eigenvalue weighted by Gasteiger charge is -2.34. The van der Waals surface area contributed by atoms with Crippen molar-refractivity contribution in [3.63, 3.8) is 0 Å². The average Bonchev–Trinajstić information content (AvgIpc) is 3.62. The number of alkyl halides is 3. The Morgan fingerprint density at radius 3 is 2.41 bits per heavy atom. The highest BCUT2D eigenvalue weighted by Crippen LogP contribution is 2.47. The van der Waals surface area contributed by atoms with E-state index in [9.17, 15) is 22.8 Å². The van der Waals surface area contributed by atoms with Crippen LogP contribution in [0.1, 0.15) is 43.7 Å². The van der Waals surface area contributed by atoms with Gasteiger partial charge in [-0.2, -0.15) is 13.2 Å². The summed E-state index contributed by atoms with van der Waals surface area (Å²) in [6, 6.07) is 16.8. The number of fused-ring (bicyclic) bond motifs is 1. The van der Waals surface area contributed by atoms with Gasteiger partial charge in [-0.25, -0.2) is 9.59 Å². The van der Waals surface area contributed by atoms with Crippen LogP contribution < -0.4 is 11.0 Å². The zero-order valence-electron chi connectivity index (χ0n) is 21.2. The number of carbonyl (C=O) groups excluding carboxylic acids is 1. The van der Waals surface area contributed by atoms with Gasteiger partial charge in [0.25, 0.3) is 0 Å². The minimum Gasteiger partial charge on any atom is -0.475 e. The standard InChI is InChI=1S/C25H29IN4O2.C2HF3O2/c1-16(27-24(31)21-14-20(21)17-5-3-2-4-6-17)15-29-11-9-19(10-12-29)30-23-8-7-18(26)13-22(23)28-25(30)32;3-2(4,5)1(6)7/h2-8,13,16,19-21H,9-12,14-15H2,1H3,(H,27,31)(H,28,32);(H,6,7)/t16-,20?,21?;/m0./s1. The van der Waals surface area contributed by atoms with E-state index >= 15 is 0 Å². The van der Waals surface area contributed by atoms with Gasteiger partial charge in [0.1, 0.15) is 0 Å². The Bertz CT molecular complexity index is 1370. The minimum absolute atomic E-state index is 0.0153. The van der Waals surface area contributed by atoms with Gasteiger partial charge in [-0.1, -0.05) is 30.3 Å². The van der Waals surface area contributed by atoms with Crippen LogP contribution in [-0.2, 0) is 9.59 Å². The number of benzene rings is 2. The van der Waals surface area contributed by atoms with Crippen LogP contribution in [-0.4, -0.2) is 63.3 Å². The summed E-state index contributed by atoms with van der Waals surface area (Å²) in [5.74, 6) is -2.09. The summed E-state index contributed by atoms with van der Waals surface area (Å²) in [6.45, 7) is 4.81. The quantitative estimate of drug-likeness (QED) is 0.338. The minimum atomic E-state index is -5.08. The van der Waals surface area contributed by atoms with Crippen molar-refractivity contribution in [2.24, 2.45) is 5.92 Å². The van der Waals surface area contributed by atoms with E-state index < -0.39 is 12.1 Å². The van der Waals surface area contributed by atoms with Crippen LogP contribution >= 0.6 is 22.6 Å². The number of aromatic amines is 1. The van der Waals surface area contributed by atoms with Gasteiger partial charge in [0.05, 0.1) is 11.0 Å². The lowest BCUT2D eigenvalue weighted by molar-refractivity contribution is -0.192. The summed E-state index contributed by atoms with van der Waals surface area (Å²) in [6.07, 6.45) is -2.25. The van der Waals surface area contributed by atoms with Gasteiger partial charge in [-0.05, 0) is 78.5 Å². The molecule has 2 fully saturated rings. The Balaban J connectivity index is 0.000000448. The molecule has 39 heavy (non-hydrogen) atoms. The van der Waals surface area contributed by atoms with E-state index in [2.05, 4.69) is 56.8 Å². The fourth-order valence-corrected chi connectivity index (χ4v) is 5.65. The maximum absolute atomic E-state index is 12.7. The molecule has 2 aliphatic rings. The summed E-state index contributed by atoms with van der Waals surface area (Å²) in [4.78, 5) is 39.5. The van der Waals surface area contributed by atoms with E-state index in [-0.39, 0.29) is 29.6 Å². The summed E-state index contributed by atoms with van der Waals surface area (Å²) in [5.41, 5.74) is 3.16. The van der Waals surface area contributed by atoms with Crippen molar-refractivity contribution in [1.82, 2.24) is 19.8 Å². The summed E-state index contributed by atoms with van der Waals surface area (Å²) in [5, 5.41) is 10.3. The zero-order chi connectivity index (χ0) is 28.3. The Morgan fingerprint density at radius 1 is 1.15 bits per heavy atom. The van der Waals surface area contributed by atoms with Gasteiger partial charge in [0.2, 0.25) is 5.91 Å². The normalized spacial score (nSPS) is 20.6. The monoisotopic (exact) mass is 658 g/mol. The smallest absolute Gasteiger partial charge is 0.475 e. The first-order valence-electron chi connectivity index (χ1n) is 12.7. The Morgan fingerprint density at radius 2 is 1.79 bits per heavy atom. The first kappa shape index (κ1) is 29.1. The van der Waals surface area contributed by atoms with Crippen LogP contribution in [0.2, 0.25) is 0 Å². The number of hydrogen-bond acceptors (Lipinski definition) is 4. The first-order valence-corrected chi connectivity index (χ1v) is 13.8. The number of rotatable bonds is 6. The average molecular weight is 658 g/mol. The lowest BCUT2D eigenvalue weighted by Crippen LogP contribution is -2.45. The molecule has 1 amide bonds. The third-order valence-corrected chi connectivity index (χ3v) is 7.79. The molecule has 0 radical (unpaired) electrons. The molecule has 0 spiro atoms. The number of aliphatic carboxylic acids is 1. The van der Waals surface area contributed by atoms with Crippen molar-refractivity contribution in [2.45, 2.75) is 50.4 Å². The molecule has 1 aliphatic heterocycles. The number of amides is 1. The SMILES string of the molecule is C[C@@H](CN1CCC(n2c(=O)[nH]c3cc(I)ccc32)CC1)NC(=O)C1CC1c1ccccc1.O=C(O)C(F)(F)F. The van der Waals surface area contributed by atoms with Crippen LogP contribution in [0.5, 0.6) is 0 Å². The molecule has 3 aromatic rings. The van der Waals surface area contributed by atoms with Crippen molar-refractivity contribution < 1.29 is 27.9 Å². The molecule has 1 aliphatic carbocycles. The number of hydrogen-bond donors (Lipinski definition) is 3. The number of imidazole rings is 1. The van der Waals surface area contributed by atoms with E-state index in [1.807, 2.05) is 41.0 Å². The predicted molar refractivity (Wildman–Crippen MR) is 149 cm³/mol. The molecule has 3 atom stereocenters. The number of carbonyl (C=O) groups is 2. The van der Waals surface area contributed by atoms with Crippen molar-refractivity contribution in [2.75, 3.05) is 19.6 Å². The van der Waals surface area contributed by atoms with Gasteiger partial charge in [-0.3, -0.25) is 9.36 Å². The molecule has 1 saturated carbocycles. The first-order chi connectivity index (χ1) is 18.4. The van der Waals surface area contributed by atoms with E-state index in [0.29, 0.717) is 5.92 Å². The number of nitrogens with zero attached hydrogens (tertiary/aromatic N) is 2. The molecule has 2 heterocycles. The number of likely N-dealkylation sites (tertiary alicyclic amines) is 1. The van der Waals surface area contributed by atoms with Crippen LogP contribution in [0.4, 0.5) is 13.2 Å². The number of H-pyrrole nitrogens is 1. The van der Waals surface area contributed by atoms with E-state index in [4.69, 9.17) is 9.90 Å². The largest absolute Gasteiger partial charge is 0.490 e.